The predicted molar refractivity (Wildman–Crippen MR) is 79.1 cm³/mol. The maximum Gasteiger partial charge on any atom is 0.353 e. The first-order valence-corrected chi connectivity index (χ1v) is 7.40. The normalized spacial score (nSPS) is 20.9. The number of nitrogens with zero attached hydrogens (tertiary/aromatic N) is 5. The van der Waals surface area contributed by atoms with E-state index in [1.165, 1.54) is 32.0 Å². The molecular weight excluding hydrogens is 272 g/mol. The molecule has 1 aliphatic carbocycles. The topological polar surface area (TPSA) is 101 Å². The second-order valence-electron chi connectivity index (χ2n) is 5.65. The van der Waals surface area contributed by atoms with Crippen molar-refractivity contribution in [3.05, 3.63) is 16.4 Å². The van der Waals surface area contributed by atoms with Gasteiger partial charge in [-0.25, -0.2) is 9.97 Å². The summed E-state index contributed by atoms with van der Waals surface area (Å²) in [5, 5.41) is 11.2. The van der Waals surface area contributed by atoms with E-state index < -0.39 is 4.92 Å². The van der Waals surface area contributed by atoms with E-state index in [2.05, 4.69) is 14.9 Å². The summed E-state index contributed by atoms with van der Waals surface area (Å²) in [6.45, 7) is 3.33. The Kier molecular flexibility index (Phi) is 3.87. The molecular formula is C13H20N6O2. The lowest BCUT2D eigenvalue weighted by Crippen LogP contribution is -2.50. The van der Waals surface area contributed by atoms with Crippen LogP contribution in [0.5, 0.6) is 0 Å². The summed E-state index contributed by atoms with van der Waals surface area (Å²) in [6.07, 6.45) is 6.49. The average molecular weight is 292 g/mol. The summed E-state index contributed by atoms with van der Waals surface area (Å²) in [5.74, 6) is 0.279. The molecule has 2 aliphatic rings. The molecule has 1 saturated carbocycles. The second kappa shape index (κ2) is 5.80. The van der Waals surface area contributed by atoms with Crippen LogP contribution in [-0.2, 0) is 0 Å². The number of anilines is 2. The van der Waals surface area contributed by atoms with Gasteiger partial charge in [0.2, 0.25) is 11.6 Å². The van der Waals surface area contributed by atoms with Crippen LogP contribution in [0.4, 0.5) is 17.3 Å². The third-order valence-corrected chi connectivity index (χ3v) is 4.47. The highest BCUT2D eigenvalue weighted by molar-refractivity contribution is 5.68. The Labute approximate surface area is 123 Å². The average Bonchev–Trinajstić information content (AvgIpc) is 3.01. The fraction of sp³-hybridized carbons (Fsp3) is 0.692. The molecule has 1 aliphatic heterocycles. The molecule has 0 spiro atoms. The molecule has 114 valence electrons. The van der Waals surface area contributed by atoms with Crippen molar-refractivity contribution in [3.63, 3.8) is 0 Å². The largest absolute Gasteiger partial charge is 0.378 e. The lowest BCUT2D eigenvalue weighted by Gasteiger charge is -2.38. The number of nitrogen functional groups attached to an aromatic ring is 1. The first-order valence-electron chi connectivity index (χ1n) is 7.40. The van der Waals surface area contributed by atoms with Crippen LogP contribution >= 0.6 is 0 Å². The number of hydrogen-bond acceptors (Lipinski definition) is 7. The van der Waals surface area contributed by atoms with Crippen LogP contribution in [0.25, 0.3) is 0 Å². The summed E-state index contributed by atoms with van der Waals surface area (Å²) >= 11 is 0. The van der Waals surface area contributed by atoms with Crippen molar-refractivity contribution >= 4 is 17.3 Å². The van der Waals surface area contributed by atoms with Crippen molar-refractivity contribution in [2.45, 2.75) is 31.7 Å². The summed E-state index contributed by atoms with van der Waals surface area (Å²) in [7, 11) is 0. The molecule has 21 heavy (non-hydrogen) atoms. The van der Waals surface area contributed by atoms with Gasteiger partial charge in [0.1, 0.15) is 6.33 Å². The smallest absolute Gasteiger partial charge is 0.353 e. The van der Waals surface area contributed by atoms with Crippen molar-refractivity contribution in [3.8, 4) is 0 Å². The number of rotatable bonds is 3. The van der Waals surface area contributed by atoms with Gasteiger partial charge in [-0.1, -0.05) is 12.8 Å². The van der Waals surface area contributed by atoms with Crippen molar-refractivity contribution in [2.24, 2.45) is 0 Å². The van der Waals surface area contributed by atoms with Crippen LogP contribution in [0.2, 0.25) is 0 Å². The Balaban J connectivity index is 1.72. The van der Waals surface area contributed by atoms with Gasteiger partial charge in [0.05, 0.1) is 4.92 Å². The monoisotopic (exact) mass is 292 g/mol. The van der Waals surface area contributed by atoms with E-state index in [0.29, 0.717) is 11.9 Å². The van der Waals surface area contributed by atoms with E-state index in [1.807, 2.05) is 4.90 Å². The lowest BCUT2D eigenvalue weighted by molar-refractivity contribution is -0.383. The van der Waals surface area contributed by atoms with E-state index in [9.17, 15) is 10.1 Å². The first kappa shape index (κ1) is 14.0. The molecule has 0 bridgehead atoms. The minimum atomic E-state index is -0.492. The Bertz CT molecular complexity index is 523. The van der Waals surface area contributed by atoms with Crippen molar-refractivity contribution in [1.29, 1.82) is 0 Å². The number of nitrogens with two attached hydrogens (primary N) is 1. The van der Waals surface area contributed by atoms with Gasteiger partial charge in [-0.3, -0.25) is 15.0 Å². The van der Waals surface area contributed by atoms with Gasteiger partial charge in [0, 0.05) is 32.2 Å². The molecule has 2 fully saturated rings. The predicted octanol–water partition coefficient (Wildman–Crippen LogP) is 1.03. The fourth-order valence-corrected chi connectivity index (χ4v) is 3.36. The molecule has 8 heteroatoms. The molecule has 0 radical (unpaired) electrons. The minimum absolute atomic E-state index is 0.0665. The van der Waals surface area contributed by atoms with Crippen LogP contribution in [0.15, 0.2) is 6.33 Å². The molecule has 0 unspecified atom stereocenters. The number of nitro groups is 1. The van der Waals surface area contributed by atoms with Crippen molar-refractivity contribution in [2.75, 3.05) is 36.8 Å². The van der Waals surface area contributed by atoms with E-state index in [1.54, 1.807) is 0 Å². The van der Waals surface area contributed by atoms with E-state index in [-0.39, 0.29) is 11.5 Å². The maximum absolute atomic E-state index is 11.2. The zero-order valence-electron chi connectivity index (χ0n) is 11.9. The van der Waals surface area contributed by atoms with Gasteiger partial charge < -0.3 is 10.6 Å². The van der Waals surface area contributed by atoms with Crippen molar-refractivity contribution in [1.82, 2.24) is 14.9 Å². The van der Waals surface area contributed by atoms with Crippen LogP contribution in [0, 0.1) is 10.1 Å². The Morgan fingerprint density at radius 3 is 2.48 bits per heavy atom. The SMILES string of the molecule is Nc1ncnc(N2CCN(C3CCCC3)CC2)c1[N+](=O)[O-]. The first-order chi connectivity index (χ1) is 10.2. The number of piperazine rings is 1. The van der Waals surface area contributed by atoms with Gasteiger partial charge in [0.15, 0.2) is 0 Å². The van der Waals surface area contributed by atoms with Crippen molar-refractivity contribution < 1.29 is 4.92 Å². The zero-order chi connectivity index (χ0) is 14.8. The molecule has 0 aromatic carbocycles. The van der Waals surface area contributed by atoms with Gasteiger partial charge in [-0.15, -0.1) is 0 Å². The molecule has 2 N–H and O–H groups in total. The number of aromatic nitrogens is 2. The van der Waals surface area contributed by atoms with Gasteiger partial charge >= 0.3 is 5.69 Å². The lowest BCUT2D eigenvalue weighted by atomic mass is 10.2. The Morgan fingerprint density at radius 1 is 1.19 bits per heavy atom. The van der Waals surface area contributed by atoms with E-state index in [4.69, 9.17) is 5.73 Å². The highest BCUT2D eigenvalue weighted by Crippen LogP contribution is 2.31. The molecule has 8 nitrogen and oxygen atoms in total. The maximum atomic E-state index is 11.2. The van der Waals surface area contributed by atoms with Gasteiger partial charge in [0.25, 0.3) is 0 Å². The van der Waals surface area contributed by atoms with Gasteiger partial charge in [-0.2, -0.15) is 0 Å². The molecule has 0 atom stereocenters. The molecule has 2 heterocycles. The molecule has 3 rings (SSSR count). The molecule has 0 amide bonds. The molecule has 1 saturated heterocycles. The van der Waals surface area contributed by atoms with Crippen LogP contribution in [0.1, 0.15) is 25.7 Å². The Hall–Kier alpha value is -1.96. The minimum Gasteiger partial charge on any atom is -0.378 e. The summed E-state index contributed by atoms with van der Waals surface area (Å²) in [4.78, 5) is 22.9. The molecule has 1 aromatic heterocycles. The van der Waals surface area contributed by atoms with Crippen LogP contribution in [-0.4, -0.2) is 52.0 Å². The Morgan fingerprint density at radius 2 is 1.86 bits per heavy atom. The van der Waals surface area contributed by atoms with E-state index >= 15 is 0 Å². The highest BCUT2D eigenvalue weighted by atomic mass is 16.6. The molecule has 1 aromatic rings. The van der Waals surface area contributed by atoms with Crippen LogP contribution in [0.3, 0.4) is 0 Å². The fourth-order valence-electron chi connectivity index (χ4n) is 3.36. The van der Waals surface area contributed by atoms with Crippen LogP contribution < -0.4 is 10.6 Å². The summed E-state index contributed by atoms with van der Waals surface area (Å²) in [6, 6.07) is 0.692. The number of hydrogen-bond donors (Lipinski definition) is 1. The third-order valence-electron chi connectivity index (χ3n) is 4.47. The summed E-state index contributed by atoms with van der Waals surface area (Å²) < 4.78 is 0. The van der Waals surface area contributed by atoms with Gasteiger partial charge in [-0.05, 0) is 12.8 Å². The zero-order valence-corrected chi connectivity index (χ0v) is 11.9. The highest BCUT2D eigenvalue weighted by Gasteiger charge is 2.30. The standard InChI is InChI=1S/C13H20N6O2/c14-12-11(19(20)21)13(16-9-15-12)18-7-5-17(6-8-18)10-3-1-2-4-10/h9-10H,1-8H2,(H2,14,15,16). The summed E-state index contributed by atoms with van der Waals surface area (Å²) in [5.41, 5.74) is 5.45. The third kappa shape index (κ3) is 2.76. The second-order valence-corrected chi connectivity index (χ2v) is 5.65. The quantitative estimate of drug-likeness (QED) is 0.655. The van der Waals surface area contributed by atoms with E-state index in [0.717, 1.165) is 26.2 Å².